The lowest BCUT2D eigenvalue weighted by atomic mass is 9.67. The lowest BCUT2D eigenvalue weighted by Crippen LogP contribution is -2.56. The average Bonchev–Trinajstić information content (AvgIpc) is 3.61. The average molecular weight is 465 g/mol. The zero-order chi connectivity index (χ0) is 24.2. The Morgan fingerprint density at radius 2 is 1.91 bits per heavy atom. The molecule has 2 saturated carbocycles. The molecule has 0 radical (unpaired) electrons. The van der Waals surface area contributed by atoms with Crippen LogP contribution < -0.4 is 0 Å². The fourth-order valence-electron chi connectivity index (χ4n) is 6.22. The Bertz CT molecular complexity index is 803. The third-order valence-corrected chi connectivity index (χ3v) is 8.45. The molecule has 4 rings (SSSR count). The molecule has 0 amide bonds. The fourth-order valence-corrected chi connectivity index (χ4v) is 6.22. The number of carbonyl (C=O) groups excluding carboxylic acids is 1. The first-order valence-corrected chi connectivity index (χ1v) is 12.3. The van der Waals surface area contributed by atoms with Crippen molar-refractivity contribution in [2.75, 3.05) is 13.7 Å². The molecule has 0 aromatic heterocycles. The molecule has 2 aliphatic carbocycles. The minimum Gasteiger partial charge on any atom is -0.481 e. The highest BCUT2D eigenvalue weighted by atomic mass is 16.6. The molecule has 186 valence electrons. The standard InChI is InChI=1S/C26H40O7/c1-15(2)7-8-19-25(5,33-19)21-20(30-6)18(9-10-26(21)14-31-26)32-22(27)17-11-16(12-17)13-24(3,4)23(28)29/h7,16-21H,8-14H2,1-6H3,(H,28,29)/t16?,17?,18-,19-,20-,21-,25+,26+/m1/s1. The van der Waals surface area contributed by atoms with Gasteiger partial charge in [-0.25, -0.2) is 0 Å². The van der Waals surface area contributed by atoms with Gasteiger partial charge in [0.1, 0.15) is 23.4 Å². The fraction of sp³-hybridized carbons (Fsp3) is 0.846. The summed E-state index contributed by atoms with van der Waals surface area (Å²) in [5.74, 6) is -0.853. The number of allylic oxidation sites excluding steroid dienone is 1. The van der Waals surface area contributed by atoms with Gasteiger partial charge < -0.3 is 24.1 Å². The Labute approximate surface area is 197 Å². The Kier molecular flexibility index (Phi) is 6.47. The first-order chi connectivity index (χ1) is 15.4. The van der Waals surface area contributed by atoms with E-state index in [4.69, 9.17) is 18.9 Å². The smallest absolute Gasteiger partial charge is 0.309 e. The van der Waals surface area contributed by atoms with E-state index < -0.39 is 11.4 Å². The van der Waals surface area contributed by atoms with Gasteiger partial charge in [-0.2, -0.15) is 0 Å². The molecular formula is C26H40O7. The Morgan fingerprint density at radius 3 is 2.45 bits per heavy atom. The van der Waals surface area contributed by atoms with Crippen molar-refractivity contribution in [1.82, 2.24) is 0 Å². The van der Waals surface area contributed by atoms with Crippen molar-refractivity contribution in [1.29, 1.82) is 0 Å². The van der Waals surface area contributed by atoms with Crippen LogP contribution in [0.3, 0.4) is 0 Å². The van der Waals surface area contributed by atoms with Gasteiger partial charge in [0.2, 0.25) is 0 Å². The van der Waals surface area contributed by atoms with Crippen molar-refractivity contribution in [3.8, 4) is 0 Å². The van der Waals surface area contributed by atoms with Crippen LogP contribution >= 0.6 is 0 Å². The Hall–Kier alpha value is -1.44. The summed E-state index contributed by atoms with van der Waals surface area (Å²) in [4.78, 5) is 24.3. The lowest BCUT2D eigenvalue weighted by molar-refractivity contribution is -0.180. The van der Waals surface area contributed by atoms with E-state index in [0.717, 1.165) is 19.3 Å². The first-order valence-electron chi connectivity index (χ1n) is 12.3. The number of carboxylic acids is 1. The van der Waals surface area contributed by atoms with Gasteiger partial charge in [-0.1, -0.05) is 11.6 Å². The van der Waals surface area contributed by atoms with Gasteiger partial charge in [-0.3, -0.25) is 9.59 Å². The van der Waals surface area contributed by atoms with E-state index >= 15 is 0 Å². The second-order valence-electron chi connectivity index (χ2n) is 11.8. The highest BCUT2D eigenvalue weighted by molar-refractivity contribution is 5.75. The van der Waals surface area contributed by atoms with Gasteiger partial charge in [0, 0.05) is 7.11 Å². The van der Waals surface area contributed by atoms with Crippen molar-refractivity contribution in [2.45, 2.75) is 103 Å². The van der Waals surface area contributed by atoms with Crippen molar-refractivity contribution >= 4 is 11.9 Å². The molecule has 2 aliphatic heterocycles. The van der Waals surface area contributed by atoms with E-state index in [-0.39, 0.29) is 53.2 Å². The van der Waals surface area contributed by atoms with Crippen LogP contribution in [0.1, 0.15) is 73.1 Å². The molecule has 33 heavy (non-hydrogen) atoms. The van der Waals surface area contributed by atoms with Gasteiger partial charge in [0.25, 0.3) is 0 Å². The third-order valence-electron chi connectivity index (χ3n) is 8.45. The predicted molar refractivity (Wildman–Crippen MR) is 122 cm³/mol. The van der Waals surface area contributed by atoms with E-state index in [1.165, 1.54) is 5.57 Å². The summed E-state index contributed by atoms with van der Waals surface area (Å²) in [6.07, 6.45) is 6.14. The molecule has 0 bridgehead atoms. The summed E-state index contributed by atoms with van der Waals surface area (Å²) in [6.45, 7) is 10.5. The highest BCUT2D eigenvalue weighted by Gasteiger charge is 2.72. The van der Waals surface area contributed by atoms with Crippen LogP contribution in [0, 0.1) is 23.2 Å². The molecule has 1 spiro atoms. The number of esters is 1. The molecule has 4 fully saturated rings. The monoisotopic (exact) mass is 464 g/mol. The molecular weight excluding hydrogens is 424 g/mol. The number of rotatable bonds is 9. The van der Waals surface area contributed by atoms with E-state index in [1.807, 2.05) is 0 Å². The third kappa shape index (κ3) is 4.73. The van der Waals surface area contributed by atoms with Gasteiger partial charge in [0.15, 0.2) is 0 Å². The lowest BCUT2D eigenvalue weighted by Gasteiger charge is -2.44. The van der Waals surface area contributed by atoms with Crippen molar-refractivity contribution in [2.24, 2.45) is 23.2 Å². The molecule has 4 aliphatic rings. The molecule has 2 heterocycles. The van der Waals surface area contributed by atoms with Crippen molar-refractivity contribution in [3.63, 3.8) is 0 Å². The number of carbonyl (C=O) groups is 2. The minimum absolute atomic E-state index is 0.0163. The summed E-state index contributed by atoms with van der Waals surface area (Å²) in [5, 5.41) is 9.35. The van der Waals surface area contributed by atoms with Crippen LogP contribution in [0.4, 0.5) is 0 Å². The van der Waals surface area contributed by atoms with E-state index in [9.17, 15) is 14.7 Å². The van der Waals surface area contributed by atoms with Gasteiger partial charge in [-0.15, -0.1) is 0 Å². The highest BCUT2D eigenvalue weighted by Crippen LogP contribution is 2.59. The first kappa shape index (κ1) is 24.7. The largest absolute Gasteiger partial charge is 0.481 e. The van der Waals surface area contributed by atoms with Crippen LogP contribution in [-0.4, -0.2) is 60.3 Å². The van der Waals surface area contributed by atoms with Crippen LogP contribution in [0.15, 0.2) is 11.6 Å². The molecule has 2 saturated heterocycles. The number of carboxylic acid groups (broad SMARTS) is 1. The summed E-state index contributed by atoms with van der Waals surface area (Å²) in [6, 6.07) is 0. The summed E-state index contributed by atoms with van der Waals surface area (Å²) in [5.41, 5.74) is -0.0767. The number of aliphatic carboxylic acids is 1. The van der Waals surface area contributed by atoms with E-state index in [0.29, 0.717) is 25.9 Å². The summed E-state index contributed by atoms with van der Waals surface area (Å²) >= 11 is 0. The quantitative estimate of drug-likeness (QED) is 0.311. The van der Waals surface area contributed by atoms with Crippen LogP contribution in [0.25, 0.3) is 0 Å². The topological polar surface area (TPSA) is 97.9 Å². The number of hydrogen-bond acceptors (Lipinski definition) is 6. The normalized spacial score (nSPS) is 41.8. The van der Waals surface area contributed by atoms with Crippen LogP contribution in [0.2, 0.25) is 0 Å². The Balaban J connectivity index is 1.37. The van der Waals surface area contributed by atoms with Gasteiger partial charge >= 0.3 is 11.9 Å². The molecule has 1 N–H and O–H groups in total. The van der Waals surface area contributed by atoms with Crippen LogP contribution in [-0.2, 0) is 28.5 Å². The van der Waals surface area contributed by atoms with Gasteiger partial charge in [0.05, 0.1) is 30.0 Å². The zero-order valence-corrected chi connectivity index (χ0v) is 20.9. The number of epoxide rings is 2. The maximum absolute atomic E-state index is 12.9. The maximum Gasteiger partial charge on any atom is 0.309 e. The predicted octanol–water partition coefficient (Wildman–Crippen LogP) is 4.13. The Morgan fingerprint density at radius 1 is 1.24 bits per heavy atom. The minimum atomic E-state index is -0.792. The molecule has 7 heteroatoms. The van der Waals surface area contributed by atoms with Crippen LogP contribution in [0.5, 0.6) is 0 Å². The second-order valence-corrected chi connectivity index (χ2v) is 11.8. The van der Waals surface area contributed by atoms with Crippen molar-refractivity contribution in [3.05, 3.63) is 11.6 Å². The molecule has 6 atom stereocenters. The molecule has 0 unspecified atom stereocenters. The number of methoxy groups -OCH3 is 1. The summed E-state index contributed by atoms with van der Waals surface area (Å²) < 4.78 is 24.2. The zero-order valence-electron chi connectivity index (χ0n) is 20.9. The number of ether oxygens (including phenoxy) is 4. The van der Waals surface area contributed by atoms with E-state index in [2.05, 4.69) is 26.8 Å². The summed E-state index contributed by atoms with van der Waals surface area (Å²) in [7, 11) is 1.68. The second kappa shape index (κ2) is 8.65. The van der Waals surface area contributed by atoms with Crippen molar-refractivity contribution < 1.29 is 33.6 Å². The van der Waals surface area contributed by atoms with Gasteiger partial charge in [-0.05, 0) is 79.1 Å². The molecule has 0 aromatic carbocycles. The SMILES string of the molecule is CO[C@@H]1[C@H](OC(=O)C2CC(CC(C)(C)C(=O)O)C2)CC[C@]2(CO2)[C@H]1[C@@]1(C)O[C@@H]1CC=C(C)C. The maximum atomic E-state index is 12.9. The number of hydrogen-bond donors (Lipinski definition) is 1. The van der Waals surface area contributed by atoms with E-state index in [1.54, 1.807) is 21.0 Å². The molecule has 0 aromatic rings. The molecule has 7 nitrogen and oxygen atoms in total.